The molecule has 0 unspecified atom stereocenters. The highest BCUT2D eigenvalue weighted by atomic mass is 31.2. The Bertz CT molecular complexity index is 829. The number of carbonyl (C=O) groups excluding carboxylic acids is 1. The van der Waals surface area contributed by atoms with Gasteiger partial charge in [0.2, 0.25) is 0 Å². The first-order valence-electron chi connectivity index (χ1n) is 12.3. The summed E-state index contributed by atoms with van der Waals surface area (Å²) in [4.78, 5) is 30.6. The molecule has 2 aliphatic rings. The lowest BCUT2D eigenvalue weighted by molar-refractivity contribution is -0.143. The van der Waals surface area contributed by atoms with Gasteiger partial charge in [0.25, 0.3) is 0 Å². The van der Waals surface area contributed by atoms with Crippen LogP contribution < -0.4 is 5.73 Å². The second kappa shape index (κ2) is 14.2. The van der Waals surface area contributed by atoms with Crippen molar-refractivity contribution in [2.24, 2.45) is 17.6 Å². The number of cyclic esters (lactones) is 1. The summed E-state index contributed by atoms with van der Waals surface area (Å²) in [7, 11) is -5.01. The Morgan fingerprint density at radius 1 is 1.26 bits per heavy atom. The van der Waals surface area contributed by atoms with Gasteiger partial charge in [-0.1, -0.05) is 62.6 Å². The van der Waals surface area contributed by atoms with E-state index in [1.165, 1.54) is 43.6 Å². The molecule has 198 valence electrons. The molecular formula is C25H40NO8P. The van der Waals surface area contributed by atoms with Crippen LogP contribution in [-0.4, -0.2) is 56.4 Å². The zero-order valence-corrected chi connectivity index (χ0v) is 21.2. The predicted octanol–water partition coefficient (Wildman–Crippen LogP) is 3.05. The Labute approximate surface area is 207 Å². The van der Waals surface area contributed by atoms with Crippen molar-refractivity contribution in [2.75, 3.05) is 6.54 Å². The number of ether oxygens (including phenoxy) is 1. The van der Waals surface area contributed by atoms with E-state index in [1.807, 2.05) is 13.0 Å². The lowest BCUT2D eigenvalue weighted by atomic mass is 9.86. The van der Waals surface area contributed by atoms with Gasteiger partial charge in [0.1, 0.15) is 17.8 Å². The molecule has 0 saturated heterocycles. The molecule has 9 nitrogen and oxygen atoms in total. The quantitative estimate of drug-likeness (QED) is 0.108. The molecule has 0 radical (unpaired) electrons. The maximum atomic E-state index is 11.7. The molecule has 0 aromatic heterocycles. The lowest BCUT2D eigenvalue weighted by Gasteiger charge is -2.35. The van der Waals surface area contributed by atoms with Crippen molar-refractivity contribution in [1.82, 2.24) is 0 Å². The number of hydrogen-bond donors (Lipinski definition) is 5. The summed E-state index contributed by atoms with van der Waals surface area (Å²) in [6.07, 6.45) is 16.0. The van der Waals surface area contributed by atoms with E-state index >= 15 is 0 Å². The minimum atomic E-state index is -5.01. The number of phosphoric ester groups is 1. The van der Waals surface area contributed by atoms with Gasteiger partial charge in [0, 0.05) is 18.4 Å². The van der Waals surface area contributed by atoms with Gasteiger partial charge < -0.3 is 30.5 Å². The summed E-state index contributed by atoms with van der Waals surface area (Å²) in [5.74, 6) is -0.111. The van der Waals surface area contributed by atoms with Gasteiger partial charge in [-0.15, -0.1) is 0 Å². The summed E-state index contributed by atoms with van der Waals surface area (Å²) in [6, 6.07) is 0. The van der Waals surface area contributed by atoms with E-state index in [0.717, 1.165) is 12.8 Å². The number of phosphoric acid groups is 1. The number of aliphatic hydroxyl groups excluding tert-OH is 1. The van der Waals surface area contributed by atoms with Crippen molar-refractivity contribution < 1.29 is 38.6 Å². The average Bonchev–Trinajstić information content (AvgIpc) is 2.80. The number of aliphatic hydroxyl groups is 2. The Kier molecular flexibility index (Phi) is 12.1. The molecule has 1 heterocycles. The average molecular weight is 514 g/mol. The molecular weight excluding hydrogens is 473 g/mol. The Hall–Kier alpha value is -1.58. The van der Waals surface area contributed by atoms with Gasteiger partial charge in [-0.3, -0.25) is 4.52 Å². The molecule has 1 aliphatic carbocycles. The molecule has 6 N–H and O–H groups in total. The summed E-state index contributed by atoms with van der Waals surface area (Å²) < 4.78 is 21.9. The third kappa shape index (κ3) is 10.5. The van der Waals surface area contributed by atoms with Crippen molar-refractivity contribution in [3.05, 3.63) is 48.6 Å². The Morgan fingerprint density at radius 2 is 1.97 bits per heavy atom. The number of hydrogen-bond acceptors (Lipinski definition) is 7. The van der Waals surface area contributed by atoms with E-state index < -0.39 is 37.7 Å². The van der Waals surface area contributed by atoms with Crippen molar-refractivity contribution >= 4 is 13.8 Å². The SMILES string of the molecule is CC[C@H]1C=CC(=O)O[C@@H]1/C=C/[C@](O)(CCN)[C@@H](C[C@@H](O)/C=C\C=C/C1CCCCC1)OP(=O)(O)O. The highest BCUT2D eigenvalue weighted by Crippen LogP contribution is 2.42. The van der Waals surface area contributed by atoms with E-state index in [4.69, 9.17) is 15.0 Å². The number of carbonyl (C=O) groups is 1. The van der Waals surface area contributed by atoms with Crippen LogP contribution in [0.25, 0.3) is 0 Å². The van der Waals surface area contributed by atoms with Crippen LogP contribution in [0.5, 0.6) is 0 Å². The zero-order valence-electron chi connectivity index (χ0n) is 20.3. The largest absolute Gasteiger partial charge is 0.469 e. The number of esters is 1. The van der Waals surface area contributed by atoms with Crippen LogP contribution in [0.2, 0.25) is 0 Å². The van der Waals surface area contributed by atoms with E-state index in [2.05, 4.69) is 6.08 Å². The van der Waals surface area contributed by atoms with Crippen molar-refractivity contribution in [2.45, 2.75) is 82.2 Å². The van der Waals surface area contributed by atoms with Gasteiger partial charge >= 0.3 is 13.8 Å². The molecule has 0 amide bonds. The molecule has 0 bridgehead atoms. The fourth-order valence-electron chi connectivity index (χ4n) is 4.51. The van der Waals surface area contributed by atoms with Gasteiger partial charge in [0.15, 0.2) is 0 Å². The van der Waals surface area contributed by atoms with Gasteiger partial charge in [-0.05, 0) is 44.2 Å². The van der Waals surface area contributed by atoms with Crippen LogP contribution in [-0.2, 0) is 18.6 Å². The first kappa shape index (κ1) is 29.6. The molecule has 10 heteroatoms. The van der Waals surface area contributed by atoms with E-state index in [0.29, 0.717) is 12.3 Å². The van der Waals surface area contributed by atoms with Crippen molar-refractivity contribution in [1.29, 1.82) is 0 Å². The fourth-order valence-corrected chi connectivity index (χ4v) is 5.11. The van der Waals surface area contributed by atoms with Crippen LogP contribution >= 0.6 is 7.82 Å². The summed E-state index contributed by atoms with van der Waals surface area (Å²) in [5.41, 5.74) is 3.75. The predicted molar refractivity (Wildman–Crippen MR) is 133 cm³/mol. The molecule has 1 fully saturated rings. The fraction of sp³-hybridized carbons (Fsp3) is 0.640. The lowest BCUT2D eigenvalue weighted by Crippen LogP contribution is -2.45. The van der Waals surface area contributed by atoms with E-state index in [-0.39, 0.29) is 25.3 Å². The smallest absolute Gasteiger partial charge is 0.454 e. The summed E-state index contributed by atoms with van der Waals surface area (Å²) >= 11 is 0. The van der Waals surface area contributed by atoms with Crippen LogP contribution in [0.1, 0.15) is 58.3 Å². The second-order valence-corrected chi connectivity index (χ2v) is 10.5. The molecule has 2 rings (SSSR count). The second-order valence-electron chi connectivity index (χ2n) is 9.28. The van der Waals surface area contributed by atoms with E-state index in [9.17, 15) is 29.4 Å². The van der Waals surface area contributed by atoms with Crippen molar-refractivity contribution in [3.8, 4) is 0 Å². The topological polar surface area (TPSA) is 160 Å². The number of rotatable bonds is 13. The minimum Gasteiger partial charge on any atom is -0.454 e. The first-order valence-corrected chi connectivity index (χ1v) is 13.9. The van der Waals surface area contributed by atoms with Gasteiger partial charge in [-0.25, -0.2) is 9.36 Å². The normalized spacial score (nSPS) is 25.8. The summed E-state index contributed by atoms with van der Waals surface area (Å²) in [5, 5.41) is 21.9. The van der Waals surface area contributed by atoms with Gasteiger partial charge in [0.05, 0.1) is 6.10 Å². The highest BCUT2D eigenvalue weighted by Gasteiger charge is 2.40. The molecule has 0 aromatic rings. The molecule has 0 aromatic carbocycles. The molecule has 5 atom stereocenters. The zero-order chi connectivity index (χ0) is 25.9. The third-order valence-corrected chi connectivity index (χ3v) is 7.03. The Balaban J connectivity index is 2.16. The van der Waals surface area contributed by atoms with Crippen LogP contribution in [0.3, 0.4) is 0 Å². The summed E-state index contributed by atoms with van der Waals surface area (Å²) in [6.45, 7) is 1.91. The molecule has 1 saturated carbocycles. The van der Waals surface area contributed by atoms with E-state index in [1.54, 1.807) is 12.2 Å². The molecule has 35 heavy (non-hydrogen) atoms. The Morgan fingerprint density at radius 3 is 2.60 bits per heavy atom. The number of allylic oxidation sites excluding steroid dienone is 3. The highest BCUT2D eigenvalue weighted by molar-refractivity contribution is 7.46. The molecule has 1 aliphatic heterocycles. The molecule has 0 spiro atoms. The minimum absolute atomic E-state index is 0.0144. The van der Waals surface area contributed by atoms with Crippen LogP contribution in [0.4, 0.5) is 0 Å². The first-order chi connectivity index (χ1) is 16.6. The maximum absolute atomic E-state index is 11.7. The monoisotopic (exact) mass is 513 g/mol. The maximum Gasteiger partial charge on any atom is 0.469 e. The standard InChI is InChI=1S/C25H40NO8P/c1-2-20-12-13-24(28)33-22(20)14-15-25(29,16-17-26)23(34-35(30,31)32)18-21(27)11-7-6-10-19-8-4-3-5-9-19/h6-7,10-15,19-23,27,29H,2-5,8-9,16-18,26H2,1H3,(H2,30,31,32)/b10-6-,11-7-,15-14+/t20-,21-,22+,23+,25-/m0/s1. The van der Waals surface area contributed by atoms with Crippen molar-refractivity contribution in [3.63, 3.8) is 0 Å². The van der Waals surface area contributed by atoms with Crippen LogP contribution in [0, 0.1) is 11.8 Å². The third-order valence-electron chi connectivity index (χ3n) is 6.50. The van der Waals surface area contributed by atoms with Crippen LogP contribution in [0.15, 0.2) is 48.6 Å². The van der Waals surface area contributed by atoms with Gasteiger partial charge in [-0.2, -0.15) is 0 Å². The number of nitrogens with two attached hydrogens (primary N) is 1.